The summed E-state index contributed by atoms with van der Waals surface area (Å²) in [6, 6.07) is 8.08. The van der Waals surface area contributed by atoms with Gasteiger partial charge in [-0.2, -0.15) is 5.10 Å². The van der Waals surface area contributed by atoms with Gasteiger partial charge in [0.25, 0.3) is 0 Å². The summed E-state index contributed by atoms with van der Waals surface area (Å²) in [6.07, 6.45) is 3.30. The molecule has 1 aromatic carbocycles. The van der Waals surface area contributed by atoms with Crippen LogP contribution in [-0.2, 0) is 17.9 Å². The Balaban J connectivity index is 1.23. The van der Waals surface area contributed by atoms with E-state index in [4.69, 9.17) is 4.74 Å². The first-order valence-electron chi connectivity index (χ1n) is 9.53. The van der Waals surface area contributed by atoms with E-state index in [2.05, 4.69) is 25.9 Å². The zero-order valence-electron chi connectivity index (χ0n) is 15.5. The third kappa shape index (κ3) is 4.64. The molecule has 8 heteroatoms. The number of carbonyl (C=O) groups excluding carboxylic acids is 1. The SMILES string of the molecule is O=C(CN1CCOc2ccccc2C1)N1CCN(CCn2cncn2)CC1. The van der Waals surface area contributed by atoms with Gasteiger partial charge in [0.2, 0.25) is 5.91 Å². The highest BCUT2D eigenvalue weighted by Gasteiger charge is 2.24. The molecular formula is C19H26N6O2. The van der Waals surface area contributed by atoms with Gasteiger partial charge in [0, 0.05) is 51.4 Å². The van der Waals surface area contributed by atoms with Gasteiger partial charge in [-0.3, -0.25) is 19.3 Å². The van der Waals surface area contributed by atoms with E-state index < -0.39 is 0 Å². The highest BCUT2D eigenvalue weighted by atomic mass is 16.5. The summed E-state index contributed by atoms with van der Waals surface area (Å²) in [7, 11) is 0. The van der Waals surface area contributed by atoms with Gasteiger partial charge in [-0.05, 0) is 6.07 Å². The van der Waals surface area contributed by atoms with Crippen molar-refractivity contribution in [1.29, 1.82) is 0 Å². The lowest BCUT2D eigenvalue weighted by Gasteiger charge is -2.35. The normalized spacial score (nSPS) is 18.6. The third-order valence-electron chi connectivity index (χ3n) is 5.23. The lowest BCUT2D eigenvalue weighted by Crippen LogP contribution is -2.51. The highest BCUT2D eigenvalue weighted by molar-refractivity contribution is 5.78. The van der Waals surface area contributed by atoms with E-state index >= 15 is 0 Å². The second kappa shape index (κ2) is 8.49. The molecule has 1 fully saturated rings. The van der Waals surface area contributed by atoms with Gasteiger partial charge in [0.15, 0.2) is 0 Å². The van der Waals surface area contributed by atoms with Crippen molar-refractivity contribution in [2.24, 2.45) is 0 Å². The smallest absolute Gasteiger partial charge is 0.236 e. The van der Waals surface area contributed by atoms with Crippen molar-refractivity contribution >= 4 is 5.91 Å². The fraction of sp³-hybridized carbons (Fsp3) is 0.526. The Morgan fingerprint density at radius 1 is 1.04 bits per heavy atom. The average molecular weight is 370 g/mol. The highest BCUT2D eigenvalue weighted by Crippen LogP contribution is 2.22. The van der Waals surface area contributed by atoms with Gasteiger partial charge in [0.1, 0.15) is 25.0 Å². The number of amides is 1. The number of nitrogens with zero attached hydrogens (tertiary/aromatic N) is 6. The van der Waals surface area contributed by atoms with Crippen molar-refractivity contribution in [3.63, 3.8) is 0 Å². The zero-order chi connectivity index (χ0) is 18.5. The van der Waals surface area contributed by atoms with Gasteiger partial charge in [-0.1, -0.05) is 18.2 Å². The maximum absolute atomic E-state index is 12.7. The van der Waals surface area contributed by atoms with Crippen LogP contribution in [0.15, 0.2) is 36.9 Å². The van der Waals surface area contributed by atoms with Crippen molar-refractivity contribution in [3.05, 3.63) is 42.5 Å². The molecule has 27 heavy (non-hydrogen) atoms. The molecule has 4 rings (SSSR count). The molecule has 2 aromatic rings. The topological polar surface area (TPSA) is 66.7 Å². The molecule has 0 bridgehead atoms. The van der Waals surface area contributed by atoms with Crippen LogP contribution in [0.5, 0.6) is 5.75 Å². The molecule has 3 heterocycles. The van der Waals surface area contributed by atoms with E-state index in [-0.39, 0.29) is 5.91 Å². The third-order valence-corrected chi connectivity index (χ3v) is 5.23. The Kier molecular flexibility index (Phi) is 5.64. The van der Waals surface area contributed by atoms with Crippen LogP contribution in [0, 0.1) is 0 Å². The van der Waals surface area contributed by atoms with Crippen LogP contribution < -0.4 is 4.74 Å². The first kappa shape index (κ1) is 17.9. The number of piperazine rings is 1. The standard InChI is InChI=1S/C19H26N6O2/c26-19(14-23-11-12-27-18-4-2-1-3-17(18)13-23)24-8-5-22(6-9-24)7-10-25-16-20-15-21-25/h1-4,15-16H,5-14H2. The van der Waals surface area contributed by atoms with Gasteiger partial charge < -0.3 is 9.64 Å². The molecule has 8 nitrogen and oxygen atoms in total. The molecule has 0 saturated carbocycles. The van der Waals surface area contributed by atoms with Crippen LogP contribution in [0.3, 0.4) is 0 Å². The average Bonchev–Trinajstić information content (AvgIpc) is 3.13. The largest absolute Gasteiger partial charge is 0.492 e. The quantitative estimate of drug-likeness (QED) is 0.755. The van der Waals surface area contributed by atoms with Crippen molar-refractivity contribution < 1.29 is 9.53 Å². The minimum absolute atomic E-state index is 0.213. The minimum Gasteiger partial charge on any atom is -0.492 e. The number of aromatic nitrogens is 3. The lowest BCUT2D eigenvalue weighted by molar-refractivity contribution is -0.134. The van der Waals surface area contributed by atoms with Gasteiger partial charge in [0.05, 0.1) is 13.1 Å². The molecule has 0 N–H and O–H groups in total. The summed E-state index contributed by atoms with van der Waals surface area (Å²) in [5.74, 6) is 1.15. The molecule has 2 aliphatic heterocycles. The summed E-state index contributed by atoms with van der Waals surface area (Å²) in [5.41, 5.74) is 1.15. The van der Waals surface area contributed by atoms with Crippen molar-refractivity contribution in [2.45, 2.75) is 13.1 Å². The second-order valence-electron chi connectivity index (χ2n) is 7.05. The molecule has 0 spiro atoms. The van der Waals surface area contributed by atoms with Crippen molar-refractivity contribution in [2.75, 3.05) is 52.4 Å². The van der Waals surface area contributed by atoms with Crippen LogP contribution in [0.2, 0.25) is 0 Å². The van der Waals surface area contributed by atoms with Crippen LogP contribution in [0.4, 0.5) is 0 Å². The first-order valence-corrected chi connectivity index (χ1v) is 9.53. The van der Waals surface area contributed by atoms with E-state index in [1.165, 1.54) is 0 Å². The number of hydrogen-bond acceptors (Lipinski definition) is 6. The molecule has 0 atom stereocenters. The summed E-state index contributed by atoms with van der Waals surface area (Å²) >= 11 is 0. The summed E-state index contributed by atoms with van der Waals surface area (Å²) < 4.78 is 7.64. The Morgan fingerprint density at radius 2 is 1.89 bits per heavy atom. The maximum atomic E-state index is 12.7. The van der Waals surface area contributed by atoms with Gasteiger partial charge in [-0.25, -0.2) is 4.98 Å². The monoisotopic (exact) mass is 370 g/mol. The van der Waals surface area contributed by atoms with Crippen LogP contribution in [-0.4, -0.2) is 87.8 Å². The molecule has 0 unspecified atom stereocenters. The summed E-state index contributed by atoms with van der Waals surface area (Å²) in [5, 5.41) is 4.13. The van der Waals surface area contributed by atoms with Gasteiger partial charge in [-0.15, -0.1) is 0 Å². The van der Waals surface area contributed by atoms with Crippen molar-refractivity contribution in [1.82, 2.24) is 29.5 Å². The number of fused-ring (bicyclic) bond motifs is 1. The number of benzene rings is 1. The Hall–Kier alpha value is -2.45. The Morgan fingerprint density at radius 3 is 2.70 bits per heavy atom. The molecule has 1 saturated heterocycles. The molecule has 0 aliphatic carbocycles. The van der Waals surface area contributed by atoms with E-state index in [1.54, 1.807) is 12.7 Å². The predicted molar refractivity (Wildman–Crippen MR) is 100 cm³/mol. The minimum atomic E-state index is 0.213. The fourth-order valence-electron chi connectivity index (χ4n) is 3.62. The Bertz CT molecular complexity index is 742. The number of carbonyl (C=O) groups is 1. The first-order chi connectivity index (χ1) is 13.3. The van der Waals surface area contributed by atoms with Crippen LogP contribution in [0.1, 0.15) is 5.56 Å². The Labute approximate surface area is 159 Å². The summed E-state index contributed by atoms with van der Waals surface area (Å²) in [6.45, 7) is 7.79. The molecule has 144 valence electrons. The lowest BCUT2D eigenvalue weighted by atomic mass is 10.2. The van der Waals surface area contributed by atoms with Crippen LogP contribution in [0.25, 0.3) is 0 Å². The number of hydrogen-bond donors (Lipinski definition) is 0. The zero-order valence-corrected chi connectivity index (χ0v) is 15.5. The molecule has 2 aliphatic rings. The molecule has 0 radical (unpaired) electrons. The van der Waals surface area contributed by atoms with Crippen LogP contribution >= 0.6 is 0 Å². The van der Waals surface area contributed by atoms with E-state index in [1.807, 2.05) is 27.8 Å². The number of para-hydroxylation sites is 1. The number of ether oxygens (including phenoxy) is 1. The maximum Gasteiger partial charge on any atom is 0.236 e. The van der Waals surface area contributed by atoms with Crippen molar-refractivity contribution in [3.8, 4) is 5.75 Å². The van der Waals surface area contributed by atoms with E-state index in [0.29, 0.717) is 13.2 Å². The van der Waals surface area contributed by atoms with E-state index in [0.717, 1.165) is 63.7 Å². The fourth-order valence-corrected chi connectivity index (χ4v) is 3.62. The second-order valence-corrected chi connectivity index (χ2v) is 7.05. The molecular weight excluding hydrogens is 344 g/mol. The molecule has 1 aromatic heterocycles. The van der Waals surface area contributed by atoms with E-state index in [9.17, 15) is 4.79 Å². The molecule has 1 amide bonds. The number of rotatable bonds is 5. The van der Waals surface area contributed by atoms with Gasteiger partial charge >= 0.3 is 0 Å². The summed E-state index contributed by atoms with van der Waals surface area (Å²) in [4.78, 5) is 23.3. The predicted octanol–water partition coefficient (Wildman–Crippen LogP) is 0.317.